The molecule has 6 nitrogen and oxygen atoms in total. The Morgan fingerprint density at radius 1 is 0.969 bits per heavy atom. The average molecular weight is 429 g/mol. The molecule has 1 atom stereocenters. The molecule has 6 heteroatoms. The molecule has 1 aliphatic heterocycles. The van der Waals surface area contributed by atoms with Crippen LogP contribution in [0.3, 0.4) is 0 Å². The van der Waals surface area contributed by atoms with Gasteiger partial charge in [-0.3, -0.25) is 14.6 Å². The first-order valence-corrected chi connectivity index (χ1v) is 11.1. The molecule has 3 aromatic rings. The molecule has 2 amide bonds. The number of nitrogens with zero attached hydrogens (tertiary/aromatic N) is 4. The van der Waals surface area contributed by atoms with Gasteiger partial charge in [0.2, 0.25) is 5.91 Å². The minimum Gasteiger partial charge on any atom is -0.339 e. The smallest absolute Gasteiger partial charge is 0.274 e. The number of hydrogen-bond donors (Lipinski definition) is 0. The number of piperazine rings is 1. The zero-order valence-corrected chi connectivity index (χ0v) is 18.6. The molecule has 0 bridgehead atoms. The second-order valence-electron chi connectivity index (χ2n) is 8.15. The molecule has 1 aromatic heterocycles. The fraction of sp³-hybridized carbons (Fsp3) is 0.308. The van der Waals surface area contributed by atoms with Gasteiger partial charge in [0, 0.05) is 32.3 Å². The minimum atomic E-state index is -0.548. The van der Waals surface area contributed by atoms with Crippen LogP contribution < -0.4 is 0 Å². The first kappa shape index (κ1) is 21.7. The molecule has 1 unspecified atom stereocenters. The van der Waals surface area contributed by atoms with Gasteiger partial charge in [-0.05, 0) is 30.0 Å². The predicted molar refractivity (Wildman–Crippen MR) is 124 cm³/mol. The average Bonchev–Trinajstić information content (AvgIpc) is 2.83. The first-order chi connectivity index (χ1) is 15.6. The van der Waals surface area contributed by atoms with Crippen LogP contribution >= 0.6 is 0 Å². The summed E-state index contributed by atoms with van der Waals surface area (Å²) in [4.78, 5) is 38.5. The van der Waals surface area contributed by atoms with Crippen LogP contribution in [-0.4, -0.2) is 57.3 Å². The maximum Gasteiger partial charge on any atom is 0.274 e. The summed E-state index contributed by atoms with van der Waals surface area (Å²) < 4.78 is 0. The molecule has 0 saturated carbocycles. The van der Waals surface area contributed by atoms with E-state index in [2.05, 4.69) is 41.2 Å². The Balaban J connectivity index is 1.58. The Bertz CT molecular complexity index is 1070. The Labute approximate surface area is 188 Å². The summed E-state index contributed by atoms with van der Waals surface area (Å²) in [7, 11) is 0. The zero-order chi connectivity index (χ0) is 22.5. The van der Waals surface area contributed by atoms with Gasteiger partial charge in [0.1, 0.15) is 11.7 Å². The molecule has 1 saturated heterocycles. The van der Waals surface area contributed by atoms with Gasteiger partial charge in [0.25, 0.3) is 5.91 Å². The number of carbonyl (C=O) groups is 2. The zero-order valence-electron chi connectivity index (χ0n) is 18.6. The Morgan fingerprint density at radius 2 is 1.69 bits per heavy atom. The molecule has 0 N–H and O–H groups in total. The van der Waals surface area contributed by atoms with Crippen LogP contribution in [0.4, 0.5) is 0 Å². The van der Waals surface area contributed by atoms with Gasteiger partial charge in [0.15, 0.2) is 0 Å². The van der Waals surface area contributed by atoms with E-state index in [1.54, 1.807) is 11.1 Å². The van der Waals surface area contributed by atoms with E-state index in [9.17, 15) is 9.59 Å². The highest BCUT2D eigenvalue weighted by Gasteiger charge is 2.37. The minimum absolute atomic E-state index is 0.00124. The molecular formula is C26H28N4O2. The van der Waals surface area contributed by atoms with Crippen LogP contribution in [0.25, 0.3) is 11.1 Å². The molecule has 32 heavy (non-hydrogen) atoms. The van der Waals surface area contributed by atoms with Gasteiger partial charge < -0.3 is 9.80 Å². The maximum absolute atomic E-state index is 13.3. The Morgan fingerprint density at radius 3 is 2.34 bits per heavy atom. The fourth-order valence-corrected chi connectivity index (χ4v) is 4.11. The second kappa shape index (κ2) is 9.73. The summed E-state index contributed by atoms with van der Waals surface area (Å²) in [5, 5.41) is 0. The van der Waals surface area contributed by atoms with Gasteiger partial charge in [-0.1, -0.05) is 61.5 Å². The number of carbonyl (C=O) groups excluding carboxylic acids is 2. The molecule has 4 rings (SSSR count). The van der Waals surface area contributed by atoms with Gasteiger partial charge >= 0.3 is 0 Å². The molecule has 0 radical (unpaired) electrons. The summed E-state index contributed by atoms with van der Waals surface area (Å²) >= 11 is 0. The largest absolute Gasteiger partial charge is 0.339 e. The van der Waals surface area contributed by atoms with Gasteiger partial charge in [-0.25, -0.2) is 4.98 Å². The number of rotatable bonds is 6. The van der Waals surface area contributed by atoms with E-state index in [4.69, 9.17) is 0 Å². The molecule has 164 valence electrons. The molecule has 2 heterocycles. The molecule has 1 fully saturated rings. The second-order valence-corrected chi connectivity index (χ2v) is 8.15. The summed E-state index contributed by atoms with van der Waals surface area (Å²) in [5.41, 5.74) is 4.32. The van der Waals surface area contributed by atoms with Crippen LogP contribution in [0.5, 0.6) is 0 Å². The summed E-state index contributed by atoms with van der Waals surface area (Å²) in [6.45, 7) is 5.63. The number of hydrogen-bond acceptors (Lipinski definition) is 4. The third-order valence-electron chi connectivity index (χ3n) is 5.83. The fourth-order valence-electron chi connectivity index (χ4n) is 4.11. The predicted octanol–water partition coefficient (Wildman–Crippen LogP) is 3.76. The van der Waals surface area contributed by atoms with Crippen molar-refractivity contribution in [2.75, 3.05) is 19.6 Å². The SMILES string of the molecule is CCCN1CCN(C(=O)c2cnc(C)cn2)C(Cc2ccc(-c3ccccc3)cc2)C1=O. The highest BCUT2D eigenvalue weighted by Crippen LogP contribution is 2.23. The van der Waals surface area contributed by atoms with Crippen molar-refractivity contribution >= 4 is 11.8 Å². The van der Waals surface area contributed by atoms with Crippen molar-refractivity contribution in [2.45, 2.75) is 32.7 Å². The third kappa shape index (κ3) is 4.69. The summed E-state index contributed by atoms with van der Waals surface area (Å²) in [6.07, 6.45) is 4.44. The molecular weight excluding hydrogens is 400 g/mol. The molecule has 1 aliphatic rings. The van der Waals surface area contributed by atoms with Gasteiger partial charge in [-0.15, -0.1) is 0 Å². The first-order valence-electron chi connectivity index (χ1n) is 11.1. The van der Waals surface area contributed by atoms with E-state index in [-0.39, 0.29) is 17.5 Å². The van der Waals surface area contributed by atoms with Crippen molar-refractivity contribution in [3.63, 3.8) is 0 Å². The maximum atomic E-state index is 13.3. The molecule has 0 aliphatic carbocycles. The van der Waals surface area contributed by atoms with E-state index in [0.717, 1.165) is 28.8 Å². The lowest BCUT2D eigenvalue weighted by Gasteiger charge is -2.40. The standard InChI is InChI=1S/C26H28N4O2/c1-3-13-29-14-15-30(25(31)23-18-27-19(2)17-28-23)24(26(29)32)16-20-9-11-22(12-10-20)21-7-5-4-6-8-21/h4-12,17-18,24H,3,13-16H2,1-2H3. The number of benzene rings is 2. The number of amides is 2. The highest BCUT2D eigenvalue weighted by molar-refractivity contribution is 5.96. The van der Waals surface area contributed by atoms with Crippen LogP contribution in [-0.2, 0) is 11.2 Å². The monoisotopic (exact) mass is 428 g/mol. The normalized spacial score (nSPS) is 16.3. The number of aromatic nitrogens is 2. The number of aryl methyl sites for hydroxylation is 1. The van der Waals surface area contributed by atoms with Crippen LogP contribution in [0.15, 0.2) is 67.0 Å². The lowest BCUT2D eigenvalue weighted by Crippen LogP contribution is -2.59. The van der Waals surface area contributed by atoms with E-state index in [1.165, 1.54) is 6.20 Å². The van der Waals surface area contributed by atoms with Gasteiger partial charge in [0.05, 0.1) is 11.9 Å². The topological polar surface area (TPSA) is 66.4 Å². The van der Waals surface area contributed by atoms with E-state index in [0.29, 0.717) is 26.1 Å². The van der Waals surface area contributed by atoms with Crippen LogP contribution in [0.2, 0.25) is 0 Å². The van der Waals surface area contributed by atoms with Crippen molar-refractivity contribution in [3.8, 4) is 11.1 Å². The summed E-state index contributed by atoms with van der Waals surface area (Å²) in [6, 6.07) is 17.9. The van der Waals surface area contributed by atoms with Gasteiger partial charge in [-0.2, -0.15) is 0 Å². The Kier molecular flexibility index (Phi) is 6.59. The lowest BCUT2D eigenvalue weighted by molar-refractivity contribution is -0.140. The van der Waals surface area contributed by atoms with E-state index < -0.39 is 6.04 Å². The van der Waals surface area contributed by atoms with Crippen molar-refractivity contribution in [1.29, 1.82) is 0 Å². The van der Waals surface area contributed by atoms with E-state index in [1.807, 2.05) is 42.2 Å². The highest BCUT2D eigenvalue weighted by atomic mass is 16.2. The van der Waals surface area contributed by atoms with Crippen molar-refractivity contribution < 1.29 is 9.59 Å². The van der Waals surface area contributed by atoms with Crippen molar-refractivity contribution in [1.82, 2.24) is 19.8 Å². The van der Waals surface area contributed by atoms with Crippen molar-refractivity contribution in [2.24, 2.45) is 0 Å². The van der Waals surface area contributed by atoms with Crippen LogP contribution in [0.1, 0.15) is 35.1 Å². The van der Waals surface area contributed by atoms with Crippen LogP contribution in [0, 0.1) is 6.92 Å². The van der Waals surface area contributed by atoms with E-state index >= 15 is 0 Å². The lowest BCUT2D eigenvalue weighted by atomic mass is 9.98. The Hall–Kier alpha value is -3.54. The molecule has 2 aromatic carbocycles. The third-order valence-corrected chi connectivity index (χ3v) is 5.83. The van der Waals surface area contributed by atoms with Crippen molar-refractivity contribution in [3.05, 3.63) is 83.9 Å². The molecule has 0 spiro atoms. The summed E-state index contributed by atoms with van der Waals surface area (Å²) in [5.74, 6) is -0.244. The quantitative estimate of drug-likeness (QED) is 0.600.